The van der Waals surface area contributed by atoms with Gasteiger partial charge in [0.25, 0.3) is 0 Å². The molecule has 2 amide bonds. The SMILES string of the molecule is CCCNC(=O)CNC1CCCN(C(=O)OC(C)(C)C)CC1. The van der Waals surface area contributed by atoms with Crippen molar-refractivity contribution in [1.29, 1.82) is 0 Å². The van der Waals surface area contributed by atoms with Crippen molar-refractivity contribution in [3.63, 3.8) is 0 Å². The number of carbonyl (C=O) groups is 2. The van der Waals surface area contributed by atoms with Crippen LogP contribution in [0.2, 0.25) is 0 Å². The van der Waals surface area contributed by atoms with Gasteiger partial charge >= 0.3 is 6.09 Å². The van der Waals surface area contributed by atoms with Gasteiger partial charge in [0.05, 0.1) is 6.54 Å². The average molecular weight is 313 g/mol. The van der Waals surface area contributed by atoms with E-state index in [1.807, 2.05) is 27.7 Å². The van der Waals surface area contributed by atoms with Crippen LogP contribution in [-0.4, -0.2) is 54.7 Å². The lowest BCUT2D eigenvalue weighted by molar-refractivity contribution is -0.120. The Balaban J connectivity index is 2.33. The Bertz CT molecular complexity index is 366. The van der Waals surface area contributed by atoms with E-state index in [1.54, 1.807) is 4.90 Å². The van der Waals surface area contributed by atoms with Crippen molar-refractivity contribution in [2.75, 3.05) is 26.2 Å². The smallest absolute Gasteiger partial charge is 0.410 e. The third-order valence-corrected chi connectivity index (χ3v) is 3.50. The summed E-state index contributed by atoms with van der Waals surface area (Å²) in [7, 11) is 0. The van der Waals surface area contributed by atoms with E-state index in [0.717, 1.165) is 38.8 Å². The standard InChI is InChI=1S/C16H31N3O3/c1-5-9-17-14(20)12-18-13-7-6-10-19(11-8-13)15(21)22-16(2,3)4/h13,18H,5-12H2,1-4H3,(H,17,20). The molecular weight excluding hydrogens is 282 g/mol. The molecule has 1 aliphatic rings. The lowest BCUT2D eigenvalue weighted by Gasteiger charge is -2.26. The van der Waals surface area contributed by atoms with Crippen LogP contribution < -0.4 is 10.6 Å². The first-order valence-corrected chi connectivity index (χ1v) is 8.30. The van der Waals surface area contributed by atoms with Crippen molar-refractivity contribution in [3.05, 3.63) is 0 Å². The fourth-order valence-corrected chi connectivity index (χ4v) is 2.37. The Hall–Kier alpha value is -1.30. The number of ether oxygens (including phenoxy) is 1. The van der Waals surface area contributed by atoms with Crippen LogP contribution in [0.1, 0.15) is 53.4 Å². The molecule has 0 saturated carbocycles. The summed E-state index contributed by atoms with van der Waals surface area (Å²) >= 11 is 0. The number of carbonyl (C=O) groups excluding carboxylic acids is 2. The van der Waals surface area contributed by atoms with Crippen LogP contribution in [0.3, 0.4) is 0 Å². The van der Waals surface area contributed by atoms with Gasteiger partial charge < -0.3 is 20.3 Å². The Morgan fingerprint density at radius 2 is 1.95 bits per heavy atom. The third kappa shape index (κ3) is 7.64. The highest BCUT2D eigenvalue weighted by molar-refractivity contribution is 5.77. The fraction of sp³-hybridized carbons (Fsp3) is 0.875. The first-order valence-electron chi connectivity index (χ1n) is 8.30. The molecule has 1 fully saturated rings. The van der Waals surface area contributed by atoms with Crippen LogP contribution in [0, 0.1) is 0 Å². The number of rotatable bonds is 5. The van der Waals surface area contributed by atoms with Crippen molar-refractivity contribution in [1.82, 2.24) is 15.5 Å². The van der Waals surface area contributed by atoms with Gasteiger partial charge in [-0.2, -0.15) is 0 Å². The average Bonchev–Trinajstić information content (AvgIpc) is 2.66. The van der Waals surface area contributed by atoms with Crippen LogP contribution in [0.4, 0.5) is 4.79 Å². The summed E-state index contributed by atoms with van der Waals surface area (Å²) in [5.74, 6) is 0.0371. The first kappa shape index (κ1) is 18.7. The summed E-state index contributed by atoms with van der Waals surface area (Å²) < 4.78 is 5.41. The summed E-state index contributed by atoms with van der Waals surface area (Å²) in [6, 6.07) is 0.278. The number of amides is 2. The van der Waals surface area contributed by atoms with Gasteiger partial charge in [-0.25, -0.2) is 4.79 Å². The van der Waals surface area contributed by atoms with Gasteiger partial charge in [-0.3, -0.25) is 4.79 Å². The van der Waals surface area contributed by atoms with Crippen LogP contribution in [0.5, 0.6) is 0 Å². The normalized spacial score (nSPS) is 19.5. The Morgan fingerprint density at radius 3 is 2.59 bits per heavy atom. The van der Waals surface area contributed by atoms with Gasteiger partial charge in [-0.05, 0) is 46.5 Å². The van der Waals surface area contributed by atoms with Gasteiger partial charge in [0.15, 0.2) is 0 Å². The molecule has 22 heavy (non-hydrogen) atoms. The molecule has 0 aromatic carbocycles. The van der Waals surface area contributed by atoms with E-state index < -0.39 is 5.60 Å². The quantitative estimate of drug-likeness (QED) is 0.813. The Morgan fingerprint density at radius 1 is 1.23 bits per heavy atom. The highest BCUT2D eigenvalue weighted by atomic mass is 16.6. The van der Waals surface area contributed by atoms with E-state index in [-0.39, 0.29) is 18.0 Å². The molecule has 0 spiro atoms. The van der Waals surface area contributed by atoms with Crippen molar-refractivity contribution in [3.8, 4) is 0 Å². The van der Waals surface area contributed by atoms with E-state index in [9.17, 15) is 9.59 Å². The zero-order valence-electron chi connectivity index (χ0n) is 14.4. The molecule has 2 N–H and O–H groups in total. The van der Waals surface area contributed by atoms with Gasteiger partial charge in [0.2, 0.25) is 5.91 Å². The second kappa shape index (κ2) is 8.98. The minimum atomic E-state index is -0.460. The largest absolute Gasteiger partial charge is 0.444 e. The van der Waals surface area contributed by atoms with Crippen LogP contribution in [-0.2, 0) is 9.53 Å². The molecule has 6 nitrogen and oxygen atoms in total. The van der Waals surface area contributed by atoms with Crippen LogP contribution >= 0.6 is 0 Å². The predicted octanol–water partition coefficient (Wildman–Crippen LogP) is 1.89. The van der Waals surface area contributed by atoms with Gasteiger partial charge in [0.1, 0.15) is 5.60 Å². The van der Waals surface area contributed by atoms with E-state index in [1.165, 1.54) is 0 Å². The van der Waals surface area contributed by atoms with Gasteiger partial charge in [0, 0.05) is 25.7 Å². The molecule has 1 rings (SSSR count). The molecular formula is C16H31N3O3. The van der Waals surface area contributed by atoms with Crippen molar-refractivity contribution in [2.24, 2.45) is 0 Å². The minimum absolute atomic E-state index is 0.0371. The molecule has 0 radical (unpaired) electrons. The van der Waals surface area contributed by atoms with Crippen LogP contribution in [0.15, 0.2) is 0 Å². The zero-order chi connectivity index (χ0) is 16.6. The van der Waals surface area contributed by atoms with E-state index in [4.69, 9.17) is 4.74 Å². The number of nitrogens with one attached hydrogen (secondary N) is 2. The molecule has 0 aromatic rings. The first-order chi connectivity index (χ1) is 10.3. The summed E-state index contributed by atoms with van der Waals surface area (Å²) in [6.07, 6.45) is 3.45. The van der Waals surface area contributed by atoms with Crippen molar-refractivity contribution >= 4 is 12.0 Å². The lowest BCUT2D eigenvalue weighted by atomic mass is 10.1. The van der Waals surface area contributed by atoms with E-state index >= 15 is 0 Å². The fourth-order valence-electron chi connectivity index (χ4n) is 2.37. The number of nitrogens with zero attached hydrogens (tertiary/aromatic N) is 1. The highest BCUT2D eigenvalue weighted by Crippen LogP contribution is 2.15. The van der Waals surface area contributed by atoms with Crippen LogP contribution in [0.25, 0.3) is 0 Å². The topological polar surface area (TPSA) is 70.7 Å². The minimum Gasteiger partial charge on any atom is -0.444 e. The summed E-state index contributed by atoms with van der Waals surface area (Å²) in [5, 5.41) is 6.14. The molecule has 0 aromatic heterocycles. The van der Waals surface area contributed by atoms with Gasteiger partial charge in [-0.1, -0.05) is 6.92 Å². The number of hydrogen-bond acceptors (Lipinski definition) is 4. The maximum Gasteiger partial charge on any atom is 0.410 e. The molecule has 6 heteroatoms. The lowest BCUT2D eigenvalue weighted by Crippen LogP contribution is -2.40. The Kier molecular flexibility index (Phi) is 7.65. The summed E-state index contributed by atoms with van der Waals surface area (Å²) in [5.41, 5.74) is -0.460. The number of hydrogen-bond donors (Lipinski definition) is 2. The number of likely N-dealkylation sites (tertiary alicyclic amines) is 1. The second-order valence-electron chi connectivity index (χ2n) is 6.83. The summed E-state index contributed by atoms with van der Waals surface area (Å²) in [6.45, 7) is 10.1. The predicted molar refractivity (Wildman–Crippen MR) is 86.7 cm³/mol. The zero-order valence-corrected chi connectivity index (χ0v) is 14.4. The van der Waals surface area contributed by atoms with E-state index in [2.05, 4.69) is 10.6 Å². The van der Waals surface area contributed by atoms with E-state index in [0.29, 0.717) is 13.1 Å². The molecule has 1 saturated heterocycles. The Labute approximate surface area is 134 Å². The maximum absolute atomic E-state index is 12.1. The molecule has 0 bridgehead atoms. The summed E-state index contributed by atoms with van der Waals surface area (Å²) in [4.78, 5) is 25.4. The monoisotopic (exact) mass is 313 g/mol. The molecule has 1 heterocycles. The molecule has 128 valence electrons. The molecule has 1 atom stereocenters. The molecule has 1 unspecified atom stereocenters. The highest BCUT2D eigenvalue weighted by Gasteiger charge is 2.25. The van der Waals surface area contributed by atoms with Crippen molar-refractivity contribution in [2.45, 2.75) is 65.0 Å². The maximum atomic E-state index is 12.1. The third-order valence-electron chi connectivity index (χ3n) is 3.50. The molecule has 1 aliphatic heterocycles. The molecule has 0 aliphatic carbocycles. The van der Waals surface area contributed by atoms with Gasteiger partial charge in [-0.15, -0.1) is 0 Å². The second-order valence-corrected chi connectivity index (χ2v) is 6.83. The van der Waals surface area contributed by atoms with Crippen molar-refractivity contribution < 1.29 is 14.3 Å².